The van der Waals surface area contributed by atoms with Gasteiger partial charge in [0, 0.05) is 6.54 Å². The summed E-state index contributed by atoms with van der Waals surface area (Å²) in [7, 11) is 1.15. The highest BCUT2D eigenvalue weighted by Crippen LogP contribution is 2.26. The van der Waals surface area contributed by atoms with Crippen LogP contribution in [0, 0.1) is 11.8 Å². The molecule has 0 aromatic rings. The second-order valence-electron chi connectivity index (χ2n) is 7.81. The highest BCUT2D eigenvalue weighted by molar-refractivity contribution is 5.92. The molecule has 0 bridgehead atoms. The average molecular weight is 425 g/mol. The first-order valence-electron chi connectivity index (χ1n) is 9.51. The zero-order chi connectivity index (χ0) is 22.5. The van der Waals surface area contributed by atoms with E-state index in [1.807, 2.05) is 0 Å². The number of ether oxygens (including phenoxy) is 1. The molecule has 0 spiro atoms. The fourth-order valence-corrected chi connectivity index (χ4v) is 3.26. The summed E-state index contributed by atoms with van der Waals surface area (Å²) in [6, 6.07) is -3.48. The third-order valence-corrected chi connectivity index (χ3v) is 4.93. The van der Waals surface area contributed by atoms with Crippen LogP contribution in [0.4, 0.5) is 18.0 Å². The third kappa shape index (κ3) is 6.48. The Hall–Kier alpha value is -2.04. The van der Waals surface area contributed by atoms with Crippen LogP contribution in [0.15, 0.2) is 0 Å². The van der Waals surface area contributed by atoms with Crippen LogP contribution in [-0.2, 0) is 14.3 Å². The lowest BCUT2D eigenvalue weighted by Crippen LogP contribution is -2.59. The largest absolute Gasteiger partial charge is 0.453 e. The quantitative estimate of drug-likeness (QED) is 0.572. The number of alkyl carbamates (subject to hydrolysis) is 1. The zero-order valence-electron chi connectivity index (χ0n) is 17.2. The predicted octanol–water partition coefficient (Wildman–Crippen LogP) is 1.42. The number of aliphatic hydroxyl groups excluding tert-OH is 1. The summed E-state index contributed by atoms with van der Waals surface area (Å²) in [5.74, 6) is -2.27. The Kier molecular flexibility index (Phi) is 8.73. The molecule has 3 N–H and O–H groups in total. The number of hydrogen-bond donors (Lipinski definition) is 3. The maximum absolute atomic E-state index is 12.9. The van der Waals surface area contributed by atoms with Gasteiger partial charge in [-0.05, 0) is 24.7 Å². The van der Waals surface area contributed by atoms with Crippen molar-refractivity contribution in [2.24, 2.45) is 11.8 Å². The number of halogens is 3. The summed E-state index contributed by atoms with van der Waals surface area (Å²) >= 11 is 0. The molecule has 0 radical (unpaired) electrons. The fraction of sp³-hybridized carbons (Fsp3) is 0.833. The number of aliphatic hydroxyl groups is 1. The number of rotatable bonds is 7. The van der Waals surface area contributed by atoms with E-state index in [1.165, 1.54) is 18.7 Å². The summed E-state index contributed by atoms with van der Waals surface area (Å²) in [5, 5.41) is 14.3. The molecule has 4 atom stereocenters. The lowest BCUT2D eigenvalue weighted by Gasteiger charge is -2.33. The van der Waals surface area contributed by atoms with Gasteiger partial charge in [-0.3, -0.25) is 9.59 Å². The average Bonchev–Trinajstić information content (AvgIpc) is 3.11. The number of nitrogens with one attached hydrogen (secondary N) is 2. The van der Waals surface area contributed by atoms with Crippen LogP contribution in [0.25, 0.3) is 0 Å². The van der Waals surface area contributed by atoms with Gasteiger partial charge in [-0.2, -0.15) is 13.2 Å². The van der Waals surface area contributed by atoms with E-state index >= 15 is 0 Å². The van der Waals surface area contributed by atoms with Gasteiger partial charge in [0.1, 0.15) is 12.1 Å². The van der Waals surface area contributed by atoms with Crippen molar-refractivity contribution >= 4 is 17.9 Å². The molecule has 0 aromatic heterocycles. The predicted molar refractivity (Wildman–Crippen MR) is 97.7 cm³/mol. The number of amides is 3. The van der Waals surface area contributed by atoms with Crippen molar-refractivity contribution in [1.82, 2.24) is 15.5 Å². The Bertz CT molecular complexity index is 598. The molecule has 8 nitrogen and oxygen atoms in total. The van der Waals surface area contributed by atoms with Crippen molar-refractivity contribution in [3.8, 4) is 0 Å². The van der Waals surface area contributed by atoms with Crippen LogP contribution in [0.1, 0.15) is 40.5 Å². The Morgan fingerprint density at radius 2 is 1.69 bits per heavy atom. The number of alkyl halides is 3. The molecule has 2 unspecified atom stereocenters. The van der Waals surface area contributed by atoms with E-state index < -0.39 is 54.2 Å². The van der Waals surface area contributed by atoms with Gasteiger partial charge in [0.15, 0.2) is 6.10 Å². The van der Waals surface area contributed by atoms with E-state index in [2.05, 4.69) is 15.4 Å². The van der Waals surface area contributed by atoms with Crippen LogP contribution in [0.3, 0.4) is 0 Å². The Morgan fingerprint density at radius 1 is 1.10 bits per heavy atom. The molecule has 1 heterocycles. The summed E-state index contributed by atoms with van der Waals surface area (Å²) in [6.07, 6.45) is -7.65. The molecule has 1 saturated heterocycles. The number of likely N-dealkylation sites (tertiary alicyclic amines) is 1. The number of carbonyl (C=O) groups is 3. The normalized spacial score (nSPS) is 20.4. The van der Waals surface area contributed by atoms with Crippen LogP contribution < -0.4 is 10.6 Å². The van der Waals surface area contributed by atoms with Crippen molar-refractivity contribution in [2.75, 3.05) is 13.7 Å². The Balaban J connectivity index is 2.97. The summed E-state index contributed by atoms with van der Waals surface area (Å²) in [4.78, 5) is 38.4. The molecule has 1 rings (SSSR count). The Morgan fingerprint density at radius 3 is 2.14 bits per heavy atom. The van der Waals surface area contributed by atoms with Crippen LogP contribution in [0.5, 0.6) is 0 Å². The second-order valence-corrected chi connectivity index (χ2v) is 7.81. The molecular formula is C18H30F3N3O5. The molecular weight excluding hydrogens is 395 g/mol. The molecule has 1 fully saturated rings. The van der Waals surface area contributed by atoms with Gasteiger partial charge < -0.3 is 25.4 Å². The number of nitrogens with zero attached hydrogens (tertiary/aromatic N) is 1. The minimum absolute atomic E-state index is 0.233. The van der Waals surface area contributed by atoms with Crippen molar-refractivity contribution in [3.05, 3.63) is 0 Å². The molecule has 3 amide bonds. The zero-order valence-corrected chi connectivity index (χ0v) is 17.2. The molecule has 0 aromatic carbocycles. The summed E-state index contributed by atoms with van der Waals surface area (Å²) in [6.45, 7) is 6.55. The number of methoxy groups -OCH3 is 1. The van der Waals surface area contributed by atoms with Gasteiger partial charge in [0.05, 0.1) is 13.2 Å². The van der Waals surface area contributed by atoms with Crippen LogP contribution in [-0.4, -0.2) is 72.0 Å². The SMILES string of the molecule is COC(=O)NC(C(=O)N1CCCC1C(=O)N[C@@H](C(C)C)[C@H](O)C(F)(F)F)C(C)C. The monoisotopic (exact) mass is 425 g/mol. The molecule has 168 valence electrons. The van der Waals surface area contributed by atoms with Gasteiger partial charge in [0.2, 0.25) is 11.8 Å². The molecule has 0 saturated carbocycles. The molecule has 1 aliphatic heterocycles. The van der Waals surface area contributed by atoms with Crippen LogP contribution >= 0.6 is 0 Å². The molecule has 1 aliphatic rings. The van der Waals surface area contributed by atoms with Crippen molar-refractivity contribution in [2.45, 2.75) is 70.9 Å². The molecule has 29 heavy (non-hydrogen) atoms. The van der Waals surface area contributed by atoms with E-state index in [4.69, 9.17) is 0 Å². The maximum Gasteiger partial charge on any atom is 0.416 e. The van der Waals surface area contributed by atoms with E-state index in [9.17, 15) is 32.7 Å². The highest BCUT2D eigenvalue weighted by Gasteiger charge is 2.46. The van der Waals surface area contributed by atoms with Gasteiger partial charge in [-0.1, -0.05) is 27.7 Å². The van der Waals surface area contributed by atoms with E-state index in [0.717, 1.165) is 7.11 Å². The maximum atomic E-state index is 12.9. The standard InChI is InChI=1S/C18H30F3N3O5/c1-9(2)12(14(25)18(19,20)21)22-15(26)11-7-6-8-24(11)16(27)13(10(3)4)23-17(28)29-5/h9-14,25H,6-8H2,1-5H3,(H,22,26)(H,23,28)/t11?,12-,13?,14-/m0/s1. The van der Waals surface area contributed by atoms with E-state index in [1.54, 1.807) is 13.8 Å². The van der Waals surface area contributed by atoms with Crippen LogP contribution in [0.2, 0.25) is 0 Å². The van der Waals surface area contributed by atoms with Crippen molar-refractivity contribution < 1.29 is 37.4 Å². The first-order chi connectivity index (χ1) is 13.3. The van der Waals surface area contributed by atoms with Gasteiger partial charge in [-0.15, -0.1) is 0 Å². The fourth-order valence-electron chi connectivity index (χ4n) is 3.26. The van der Waals surface area contributed by atoms with Crippen molar-refractivity contribution in [1.29, 1.82) is 0 Å². The summed E-state index contributed by atoms with van der Waals surface area (Å²) in [5.41, 5.74) is 0. The first kappa shape index (κ1) is 25.0. The van der Waals surface area contributed by atoms with E-state index in [0.29, 0.717) is 6.42 Å². The van der Waals surface area contributed by atoms with Crippen molar-refractivity contribution in [3.63, 3.8) is 0 Å². The number of hydrogen-bond acceptors (Lipinski definition) is 5. The minimum Gasteiger partial charge on any atom is -0.453 e. The van der Waals surface area contributed by atoms with Gasteiger partial charge in [-0.25, -0.2) is 4.79 Å². The minimum atomic E-state index is -4.89. The lowest BCUT2D eigenvalue weighted by molar-refractivity contribution is -0.215. The lowest BCUT2D eigenvalue weighted by atomic mass is 9.97. The topological polar surface area (TPSA) is 108 Å². The smallest absolute Gasteiger partial charge is 0.416 e. The van der Waals surface area contributed by atoms with E-state index in [-0.39, 0.29) is 18.9 Å². The van der Waals surface area contributed by atoms with Gasteiger partial charge in [0.25, 0.3) is 0 Å². The first-order valence-corrected chi connectivity index (χ1v) is 9.51. The second kappa shape index (κ2) is 10.1. The van der Waals surface area contributed by atoms with Gasteiger partial charge >= 0.3 is 12.3 Å². The third-order valence-electron chi connectivity index (χ3n) is 4.93. The Labute approximate surface area is 168 Å². The number of carbonyl (C=O) groups excluding carboxylic acids is 3. The molecule has 0 aliphatic carbocycles. The molecule has 11 heteroatoms. The summed E-state index contributed by atoms with van der Waals surface area (Å²) < 4.78 is 43.3. The highest BCUT2D eigenvalue weighted by atomic mass is 19.4.